The number of nitrogens with zero attached hydrogens (tertiary/aromatic N) is 2. The highest BCUT2D eigenvalue weighted by molar-refractivity contribution is 7.89. The molecule has 7 heteroatoms. The number of rotatable bonds is 4. The van der Waals surface area contributed by atoms with E-state index in [1.807, 2.05) is 6.92 Å². The molecule has 1 aromatic rings. The van der Waals surface area contributed by atoms with E-state index in [9.17, 15) is 8.42 Å². The highest BCUT2D eigenvalue weighted by Crippen LogP contribution is 2.16. The lowest BCUT2D eigenvalue weighted by Gasteiger charge is -2.34. The molecule has 2 N–H and O–H groups in total. The van der Waals surface area contributed by atoms with Gasteiger partial charge in [0.25, 0.3) is 10.0 Å². The second-order valence-electron chi connectivity index (χ2n) is 3.88. The molecule has 6 nitrogen and oxygen atoms in total. The lowest BCUT2D eigenvalue weighted by molar-refractivity contribution is 0.273. The van der Waals surface area contributed by atoms with Gasteiger partial charge < -0.3 is 10.3 Å². The summed E-state index contributed by atoms with van der Waals surface area (Å²) in [5.41, 5.74) is 0. The number of sulfonamides is 1. The molecule has 1 aromatic heterocycles. The second-order valence-corrected chi connectivity index (χ2v) is 5.85. The van der Waals surface area contributed by atoms with Crippen molar-refractivity contribution in [3.63, 3.8) is 0 Å². The highest BCUT2D eigenvalue weighted by Gasteiger charge is 2.32. The van der Waals surface area contributed by atoms with Crippen LogP contribution >= 0.6 is 0 Å². The molecule has 2 heterocycles. The van der Waals surface area contributed by atoms with Gasteiger partial charge in [0.05, 0.1) is 6.20 Å². The Hall–Kier alpha value is -0.920. The predicted molar refractivity (Wildman–Crippen MR) is 59.6 cm³/mol. The smallest absolute Gasteiger partial charge is 0.260 e. The van der Waals surface area contributed by atoms with Gasteiger partial charge >= 0.3 is 0 Å². The molecule has 0 bridgehead atoms. The van der Waals surface area contributed by atoms with Crippen LogP contribution in [0.4, 0.5) is 0 Å². The highest BCUT2D eigenvalue weighted by atomic mass is 32.2. The van der Waals surface area contributed by atoms with Crippen LogP contribution in [-0.2, 0) is 16.4 Å². The van der Waals surface area contributed by atoms with Crippen LogP contribution in [0.5, 0.6) is 0 Å². The van der Waals surface area contributed by atoms with Gasteiger partial charge in [-0.3, -0.25) is 0 Å². The Morgan fingerprint density at radius 1 is 1.56 bits per heavy atom. The summed E-state index contributed by atoms with van der Waals surface area (Å²) in [6, 6.07) is 0.0541. The average molecular weight is 244 g/mol. The number of H-pyrrole nitrogens is 1. The SMILES string of the molecule is CCc1ncc(S(=O)(=O)N(C)C2CNC2)[nH]1. The molecule has 0 unspecified atom stereocenters. The van der Waals surface area contributed by atoms with E-state index in [0.717, 1.165) is 0 Å². The van der Waals surface area contributed by atoms with Crippen molar-refractivity contribution < 1.29 is 8.42 Å². The Balaban J connectivity index is 2.23. The molecular weight excluding hydrogens is 228 g/mol. The maximum Gasteiger partial charge on any atom is 0.260 e. The molecule has 0 aromatic carbocycles. The fourth-order valence-corrected chi connectivity index (χ4v) is 2.82. The fraction of sp³-hybridized carbons (Fsp3) is 0.667. The van der Waals surface area contributed by atoms with Crippen molar-refractivity contribution in [1.29, 1.82) is 0 Å². The molecule has 2 rings (SSSR count). The average Bonchev–Trinajstić information content (AvgIpc) is 2.63. The summed E-state index contributed by atoms with van der Waals surface area (Å²) in [4.78, 5) is 6.84. The molecule has 90 valence electrons. The van der Waals surface area contributed by atoms with Crippen LogP contribution in [0.15, 0.2) is 11.2 Å². The van der Waals surface area contributed by atoms with Gasteiger partial charge in [-0.25, -0.2) is 13.4 Å². The second kappa shape index (κ2) is 4.15. The largest absolute Gasteiger partial charge is 0.332 e. The first-order valence-electron chi connectivity index (χ1n) is 5.28. The van der Waals surface area contributed by atoms with E-state index in [4.69, 9.17) is 0 Å². The van der Waals surface area contributed by atoms with Crippen LogP contribution in [0.2, 0.25) is 0 Å². The molecule has 1 aliphatic heterocycles. The summed E-state index contributed by atoms with van der Waals surface area (Å²) < 4.78 is 25.6. The van der Waals surface area contributed by atoms with Crippen molar-refractivity contribution >= 4 is 10.0 Å². The van der Waals surface area contributed by atoms with Crippen molar-refractivity contribution in [1.82, 2.24) is 19.6 Å². The summed E-state index contributed by atoms with van der Waals surface area (Å²) in [6.07, 6.45) is 2.08. The normalized spacial score (nSPS) is 17.7. The molecule has 1 aliphatic rings. The number of aryl methyl sites for hydroxylation is 1. The lowest BCUT2D eigenvalue weighted by Crippen LogP contribution is -2.57. The van der Waals surface area contributed by atoms with E-state index in [2.05, 4.69) is 15.3 Å². The number of likely N-dealkylation sites (N-methyl/N-ethyl adjacent to an activating group) is 1. The molecule has 0 radical (unpaired) electrons. The van der Waals surface area contributed by atoms with Crippen molar-refractivity contribution in [3.05, 3.63) is 12.0 Å². The zero-order valence-corrected chi connectivity index (χ0v) is 10.2. The van der Waals surface area contributed by atoms with Gasteiger partial charge in [0.1, 0.15) is 5.82 Å². The first kappa shape index (κ1) is 11.6. The van der Waals surface area contributed by atoms with E-state index in [0.29, 0.717) is 25.3 Å². The molecule has 16 heavy (non-hydrogen) atoms. The molecule has 1 saturated heterocycles. The summed E-state index contributed by atoms with van der Waals surface area (Å²) in [7, 11) is -1.81. The zero-order valence-electron chi connectivity index (χ0n) is 9.40. The summed E-state index contributed by atoms with van der Waals surface area (Å²) in [5.74, 6) is 0.693. The molecule has 0 amide bonds. The Labute approximate surface area is 95.1 Å². The monoisotopic (exact) mass is 244 g/mol. The molecule has 0 spiro atoms. The van der Waals surface area contributed by atoms with Crippen molar-refractivity contribution in [3.8, 4) is 0 Å². The Morgan fingerprint density at radius 3 is 2.69 bits per heavy atom. The van der Waals surface area contributed by atoms with Gasteiger partial charge in [-0.1, -0.05) is 6.92 Å². The minimum atomic E-state index is -3.41. The zero-order chi connectivity index (χ0) is 11.8. The van der Waals surface area contributed by atoms with Gasteiger partial charge in [-0.15, -0.1) is 0 Å². The number of aromatic amines is 1. The number of hydrogen-bond acceptors (Lipinski definition) is 4. The van der Waals surface area contributed by atoms with Gasteiger partial charge in [0, 0.05) is 32.6 Å². The Morgan fingerprint density at radius 2 is 2.25 bits per heavy atom. The number of hydrogen-bond donors (Lipinski definition) is 2. The Kier molecular flexibility index (Phi) is 3.00. The maximum absolute atomic E-state index is 12.1. The topological polar surface area (TPSA) is 78.1 Å². The number of aromatic nitrogens is 2. The molecule has 1 fully saturated rings. The van der Waals surface area contributed by atoms with Crippen LogP contribution in [0, 0.1) is 0 Å². The molecule has 0 aliphatic carbocycles. The third-order valence-electron chi connectivity index (χ3n) is 2.87. The van der Waals surface area contributed by atoms with E-state index < -0.39 is 10.0 Å². The van der Waals surface area contributed by atoms with E-state index in [1.54, 1.807) is 7.05 Å². The quantitative estimate of drug-likeness (QED) is 0.753. The van der Waals surface area contributed by atoms with Crippen molar-refractivity contribution in [2.24, 2.45) is 0 Å². The fourth-order valence-electron chi connectivity index (χ4n) is 1.54. The summed E-state index contributed by atoms with van der Waals surface area (Å²) >= 11 is 0. The molecule has 0 saturated carbocycles. The number of nitrogens with one attached hydrogen (secondary N) is 2. The first-order chi connectivity index (χ1) is 7.55. The summed E-state index contributed by atoms with van der Waals surface area (Å²) in [5, 5.41) is 3.23. The first-order valence-corrected chi connectivity index (χ1v) is 6.72. The van der Waals surface area contributed by atoms with Crippen LogP contribution in [0.1, 0.15) is 12.7 Å². The van der Waals surface area contributed by atoms with E-state index >= 15 is 0 Å². The minimum Gasteiger partial charge on any atom is -0.332 e. The van der Waals surface area contributed by atoms with Gasteiger partial charge in [0.2, 0.25) is 0 Å². The molecule has 0 atom stereocenters. The predicted octanol–water partition coefficient (Wildman–Crippen LogP) is -0.436. The lowest BCUT2D eigenvalue weighted by atomic mass is 10.2. The molecular formula is C9H16N4O2S. The van der Waals surface area contributed by atoms with Gasteiger partial charge in [0.15, 0.2) is 5.03 Å². The van der Waals surface area contributed by atoms with Crippen LogP contribution in [-0.4, -0.2) is 48.9 Å². The van der Waals surface area contributed by atoms with Crippen LogP contribution < -0.4 is 5.32 Å². The van der Waals surface area contributed by atoms with E-state index in [-0.39, 0.29) is 11.1 Å². The summed E-state index contributed by atoms with van der Waals surface area (Å²) in [6.45, 7) is 3.35. The maximum atomic E-state index is 12.1. The Bertz CT molecular complexity index is 464. The third-order valence-corrected chi connectivity index (χ3v) is 4.69. The van der Waals surface area contributed by atoms with Crippen LogP contribution in [0.25, 0.3) is 0 Å². The minimum absolute atomic E-state index is 0.0541. The van der Waals surface area contributed by atoms with Crippen molar-refractivity contribution in [2.45, 2.75) is 24.4 Å². The van der Waals surface area contributed by atoms with Crippen LogP contribution in [0.3, 0.4) is 0 Å². The van der Waals surface area contributed by atoms with Gasteiger partial charge in [-0.2, -0.15) is 4.31 Å². The standard InChI is InChI=1S/C9H16N4O2S/c1-3-8-11-6-9(12-8)16(14,15)13(2)7-4-10-5-7/h6-7,10H,3-5H2,1-2H3,(H,11,12). The third kappa shape index (κ3) is 1.85. The number of imidazole rings is 1. The van der Waals surface area contributed by atoms with E-state index in [1.165, 1.54) is 10.5 Å². The van der Waals surface area contributed by atoms with Crippen molar-refractivity contribution in [2.75, 3.05) is 20.1 Å². The van der Waals surface area contributed by atoms with Gasteiger partial charge in [-0.05, 0) is 0 Å².